The van der Waals surface area contributed by atoms with Gasteiger partial charge >= 0.3 is 0 Å². The molecule has 1 fully saturated rings. The molecule has 0 aliphatic carbocycles. The zero-order chi connectivity index (χ0) is 33.6. The number of unbranched alkanes of at least 4 members (excludes halogenated alkanes) is 1. The maximum atomic E-state index is 12.3. The fourth-order valence-electron chi connectivity index (χ4n) is 5.90. The van der Waals surface area contributed by atoms with E-state index in [9.17, 15) is 14.7 Å². The van der Waals surface area contributed by atoms with Crippen molar-refractivity contribution in [2.75, 3.05) is 6.54 Å². The summed E-state index contributed by atoms with van der Waals surface area (Å²) >= 11 is 0. The first-order valence-corrected chi connectivity index (χ1v) is 16.6. The summed E-state index contributed by atoms with van der Waals surface area (Å²) in [7, 11) is 0. The van der Waals surface area contributed by atoms with Gasteiger partial charge in [0.1, 0.15) is 0 Å². The molecule has 0 bridgehead atoms. The molecule has 0 aromatic heterocycles. The lowest BCUT2D eigenvalue weighted by atomic mass is 9.99. The molecule has 4 N–H and O–H groups in total. The lowest BCUT2D eigenvalue weighted by molar-refractivity contribution is -0.253. The number of ether oxygens (including phenoxy) is 2. The summed E-state index contributed by atoms with van der Waals surface area (Å²) in [5.41, 5.74) is 7.83. The van der Waals surface area contributed by atoms with Crippen LogP contribution in [-0.2, 0) is 45.3 Å². The highest BCUT2D eigenvalue weighted by Crippen LogP contribution is 2.38. The largest absolute Gasteiger partial charge is 0.392 e. The lowest BCUT2D eigenvalue weighted by Gasteiger charge is -2.38. The summed E-state index contributed by atoms with van der Waals surface area (Å²) in [6.07, 6.45) is 1.39. The average molecular weight is 652 g/mol. The van der Waals surface area contributed by atoms with E-state index in [1.165, 1.54) is 11.1 Å². The number of carbonyl (C=O) groups excluding carboxylic acids is 2. The van der Waals surface area contributed by atoms with Crippen molar-refractivity contribution in [1.82, 2.24) is 15.7 Å². The van der Waals surface area contributed by atoms with Gasteiger partial charge in [-0.2, -0.15) is 0 Å². The summed E-state index contributed by atoms with van der Waals surface area (Å²) < 4.78 is 13.3. The number of amides is 2. The zero-order valence-electron chi connectivity index (χ0n) is 27.2. The molecule has 5 rings (SSSR count). The molecule has 0 unspecified atom stereocenters. The molecule has 4 aromatic rings. The van der Waals surface area contributed by atoms with Crippen LogP contribution in [0.3, 0.4) is 0 Å². The molecule has 0 radical (unpaired) electrons. The van der Waals surface area contributed by atoms with Crippen molar-refractivity contribution >= 4 is 11.8 Å². The second-order valence-corrected chi connectivity index (χ2v) is 12.3. The molecular weight excluding hydrogens is 606 g/mol. The van der Waals surface area contributed by atoms with Gasteiger partial charge in [-0.15, -0.1) is 0 Å². The Hall–Kier alpha value is -4.38. The lowest BCUT2D eigenvalue weighted by Crippen LogP contribution is -2.39. The van der Waals surface area contributed by atoms with Crippen LogP contribution in [0.4, 0.5) is 0 Å². The van der Waals surface area contributed by atoms with Crippen LogP contribution >= 0.6 is 0 Å². The van der Waals surface area contributed by atoms with Gasteiger partial charge in [0.15, 0.2) is 6.29 Å². The predicted octanol–water partition coefficient (Wildman–Crippen LogP) is 6.11. The van der Waals surface area contributed by atoms with E-state index in [-0.39, 0.29) is 31.1 Å². The first-order chi connectivity index (χ1) is 23.5. The Morgan fingerprint density at radius 3 is 1.83 bits per heavy atom. The van der Waals surface area contributed by atoms with Crippen LogP contribution < -0.4 is 10.8 Å². The van der Waals surface area contributed by atoms with Crippen LogP contribution in [0.5, 0.6) is 0 Å². The fraction of sp³-hybridized carbons (Fsp3) is 0.333. The third-order valence-corrected chi connectivity index (χ3v) is 8.50. The van der Waals surface area contributed by atoms with E-state index >= 15 is 0 Å². The molecule has 9 heteroatoms. The summed E-state index contributed by atoms with van der Waals surface area (Å²) in [4.78, 5) is 25.9. The van der Waals surface area contributed by atoms with Gasteiger partial charge in [0.2, 0.25) is 11.8 Å². The van der Waals surface area contributed by atoms with Gasteiger partial charge in [-0.25, -0.2) is 5.48 Å². The Labute approximate surface area is 282 Å². The Morgan fingerprint density at radius 2 is 1.25 bits per heavy atom. The Bertz CT molecular complexity index is 1510. The number of aliphatic hydroxyl groups is 1. The molecule has 3 atom stereocenters. The fourth-order valence-corrected chi connectivity index (χ4v) is 5.90. The monoisotopic (exact) mass is 651 g/mol. The second-order valence-electron chi connectivity index (χ2n) is 12.3. The number of nitrogens with one attached hydrogen (secondary N) is 2. The highest BCUT2D eigenvalue weighted by molar-refractivity contribution is 5.76. The van der Waals surface area contributed by atoms with Gasteiger partial charge in [0, 0.05) is 51.0 Å². The highest BCUT2D eigenvalue weighted by atomic mass is 16.7. The van der Waals surface area contributed by atoms with Gasteiger partial charge in [0.05, 0.1) is 18.8 Å². The molecule has 252 valence electrons. The third-order valence-electron chi connectivity index (χ3n) is 8.50. The minimum absolute atomic E-state index is 0.00967. The van der Waals surface area contributed by atoms with Gasteiger partial charge in [-0.1, -0.05) is 109 Å². The van der Waals surface area contributed by atoms with Gasteiger partial charge in [-0.3, -0.25) is 19.7 Å². The number of carbonyl (C=O) groups is 2. The molecule has 2 amide bonds. The molecule has 9 nitrogen and oxygen atoms in total. The zero-order valence-corrected chi connectivity index (χ0v) is 27.2. The van der Waals surface area contributed by atoms with E-state index in [2.05, 4.69) is 58.7 Å². The molecular formula is C39H45N3O6. The number of hydrogen-bond donors (Lipinski definition) is 4. The van der Waals surface area contributed by atoms with Gasteiger partial charge in [-0.05, 0) is 40.7 Å². The van der Waals surface area contributed by atoms with Crippen molar-refractivity contribution in [3.8, 4) is 0 Å². The van der Waals surface area contributed by atoms with Crippen LogP contribution in [0.2, 0.25) is 0 Å². The predicted molar refractivity (Wildman–Crippen MR) is 182 cm³/mol. The Balaban J connectivity index is 1.27. The first-order valence-electron chi connectivity index (χ1n) is 16.6. The minimum atomic E-state index is -0.582. The number of benzene rings is 4. The van der Waals surface area contributed by atoms with E-state index in [1.807, 2.05) is 60.7 Å². The molecule has 0 saturated carbocycles. The number of nitrogens with zero attached hydrogens (tertiary/aromatic N) is 1. The van der Waals surface area contributed by atoms with E-state index in [0.29, 0.717) is 38.8 Å². The average Bonchev–Trinajstić information content (AvgIpc) is 3.13. The summed E-state index contributed by atoms with van der Waals surface area (Å²) in [6, 6.07) is 36.8. The van der Waals surface area contributed by atoms with Gasteiger partial charge < -0.3 is 19.9 Å². The molecule has 1 heterocycles. The van der Waals surface area contributed by atoms with E-state index in [4.69, 9.17) is 14.7 Å². The first kappa shape index (κ1) is 34.9. The van der Waals surface area contributed by atoms with Crippen LogP contribution in [0.1, 0.15) is 77.9 Å². The molecule has 1 aliphatic heterocycles. The SMILES string of the molecule is O=C(CCCCC(=O)NCc1ccc([C@@H]2O[C@H](CN(Cc3ccccc3)Cc3ccccc3)C[C@H](c3ccc(CO)cc3)O2)cc1)NO. The Morgan fingerprint density at radius 1 is 0.688 bits per heavy atom. The van der Waals surface area contributed by atoms with Crippen LogP contribution in [0, 0.1) is 0 Å². The topological polar surface area (TPSA) is 120 Å². The molecule has 48 heavy (non-hydrogen) atoms. The van der Waals surface area contributed by atoms with E-state index in [1.54, 1.807) is 5.48 Å². The number of aliphatic hydroxyl groups excluding tert-OH is 1. The van der Waals surface area contributed by atoms with Crippen molar-refractivity contribution < 1.29 is 29.4 Å². The van der Waals surface area contributed by atoms with Crippen molar-refractivity contribution in [2.45, 2.75) is 76.8 Å². The standard InChI is InChI=1S/C39H45N3O6/c43-28-32-17-19-33(20-18-32)36-23-35(27-42(25-30-9-3-1-4-10-30)26-31-11-5-2-6-12-31)47-39(48-36)34-21-15-29(16-22-34)24-40-37(44)13-7-8-14-38(45)41-46/h1-6,9-12,15-22,35-36,39,43,46H,7-8,13-14,23-28H2,(H,40,44)(H,41,45)/t35-,36+,39+/m0/s1. The minimum Gasteiger partial charge on any atom is -0.392 e. The second kappa shape index (κ2) is 18.2. The molecule has 4 aromatic carbocycles. The number of hydroxylamine groups is 1. The number of rotatable bonds is 16. The van der Waals surface area contributed by atoms with E-state index in [0.717, 1.165) is 35.3 Å². The summed E-state index contributed by atoms with van der Waals surface area (Å²) in [5.74, 6) is -0.536. The molecule has 0 spiro atoms. The maximum absolute atomic E-state index is 12.3. The number of hydrogen-bond acceptors (Lipinski definition) is 7. The van der Waals surface area contributed by atoms with Crippen LogP contribution in [0.15, 0.2) is 109 Å². The van der Waals surface area contributed by atoms with Gasteiger partial charge in [0.25, 0.3) is 0 Å². The van der Waals surface area contributed by atoms with Crippen molar-refractivity contribution in [3.63, 3.8) is 0 Å². The van der Waals surface area contributed by atoms with Crippen molar-refractivity contribution in [1.29, 1.82) is 0 Å². The normalized spacial score (nSPS) is 17.6. The Kier molecular flexibility index (Phi) is 13.3. The summed E-state index contributed by atoms with van der Waals surface area (Å²) in [6.45, 7) is 2.66. The van der Waals surface area contributed by atoms with Crippen LogP contribution in [0.25, 0.3) is 0 Å². The smallest absolute Gasteiger partial charge is 0.243 e. The quantitative estimate of drug-likeness (QED) is 0.0656. The molecule has 1 saturated heterocycles. The van der Waals surface area contributed by atoms with Crippen molar-refractivity contribution in [3.05, 3.63) is 143 Å². The van der Waals surface area contributed by atoms with Crippen molar-refractivity contribution in [2.24, 2.45) is 0 Å². The third kappa shape index (κ3) is 10.8. The van der Waals surface area contributed by atoms with Crippen LogP contribution in [-0.4, -0.2) is 39.7 Å². The highest BCUT2D eigenvalue weighted by Gasteiger charge is 2.33. The summed E-state index contributed by atoms with van der Waals surface area (Å²) in [5, 5.41) is 21.1. The molecule has 1 aliphatic rings. The maximum Gasteiger partial charge on any atom is 0.243 e. The van der Waals surface area contributed by atoms with E-state index < -0.39 is 12.2 Å².